The molecule has 0 bridgehead atoms. The van der Waals surface area contributed by atoms with Crippen molar-refractivity contribution in [3.05, 3.63) is 71.0 Å². The molecule has 1 aliphatic heterocycles. The molecule has 0 fully saturated rings. The van der Waals surface area contributed by atoms with Crippen molar-refractivity contribution < 1.29 is 14.0 Å². The van der Waals surface area contributed by atoms with Gasteiger partial charge in [-0.2, -0.15) is 0 Å². The number of fused-ring (bicyclic) bond motifs is 1. The fourth-order valence-corrected chi connectivity index (χ4v) is 2.97. The molecule has 2 aromatic carbocycles. The lowest BCUT2D eigenvalue weighted by molar-refractivity contribution is 0.0657. The summed E-state index contributed by atoms with van der Waals surface area (Å²) in [6.07, 6.45) is 0.520. The summed E-state index contributed by atoms with van der Waals surface area (Å²) >= 11 is 0. The van der Waals surface area contributed by atoms with E-state index in [0.717, 1.165) is 0 Å². The molecule has 148 valence electrons. The third kappa shape index (κ3) is 4.86. The zero-order valence-electron chi connectivity index (χ0n) is 15.4. The van der Waals surface area contributed by atoms with Crippen LogP contribution in [0, 0.1) is 5.82 Å². The number of hydrogen-bond acceptors (Lipinski definition) is 3. The second-order valence-electron chi connectivity index (χ2n) is 6.07. The number of halogens is 2. The molecule has 0 aliphatic carbocycles. The van der Waals surface area contributed by atoms with E-state index in [2.05, 4.69) is 15.6 Å². The Morgan fingerprint density at radius 2 is 1.54 bits per heavy atom. The summed E-state index contributed by atoms with van der Waals surface area (Å²) in [5, 5.41) is 6.16. The van der Waals surface area contributed by atoms with Gasteiger partial charge in [-0.15, -0.1) is 24.0 Å². The smallest absolute Gasteiger partial charge is 0.261 e. The van der Waals surface area contributed by atoms with Crippen LogP contribution in [0.1, 0.15) is 26.3 Å². The minimum Gasteiger partial charge on any atom is -0.356 e. The molecule has 3 rings (SSSR count). The Labute approximate surface area is 180 Å². The average molecular weight is 496 g/mol. The quantitative estimate of drug-likeness (QED) is 0.279. The van der Waals surface area contributed by atoms with Crippen molar-refractivity contribution in [2.45, 2.75) is 6.42 Å². The summed E-state index contributed by atoms with van der Waals surface area (Å²) in [7, 11) is 1.63. The normalized spacial score (nSPS) is 13.2. The van der Waals surface area contributed by atoms with Gasteiger partial charge in [0.2, 0.25) is 0 Å². The second-order valence-corrected chi connectivity index (χ2v) is 6.07. The van der Waals surface area contributed by atoms with Gasteiger partial charge in [-0.1, -0.05) is 30.3 Å². The molecule has 0 spiro atoms. The summed E-state index contributed by atoms with van der Waals surface area (Å²) in [5.74, 6) is -0.254. The molecule has 1 heterocycles. The number of nitrogens with zero attached hydrogens (tertiary/aromatic N) is 2. The highest BCUT2D eigenvalue weighted by molar-refractivity contribution is 14.0. The molecule has 2 aromatic rings. The van der Waals surface area contributed by atoms with Gasteiger partial charge in [0.05, 0.1) is 11.1 Å². The summed E-state index contributed by atoms with van der Waals surface area (Å²) in [6.45, 7) is 1.11. The number of carbonyl (C=O) groups is 2. The molecular formula is C20H22FIN4O2. The summed E-state index contributed by atoms with van der Waals surface area (Å²) in [4.78, 5) is 29.9. The maximum atomic E-state index is 13.6. The molecule has 0 unspecified atom stereocenters. The molecule has 8 heteroatoms. The third-order valence-corrected chi connectivity index (χ3v) is 4.37. The van der Waals surface area contributed by atoms with Crippen molar-refractivity contribution in [3.63, 3.8) is 0 Å². The number of nitrogens with one attached hydrogen (secondary N) is 2. The Balaban J connectivity index is 0.00000280. The van der Waals surface area contributed by atoms with E-state index in [0.29, 0.717) is 42.2 Å². The number of guanidine groups is 1. The van der Waals surface area contributed by atoms with Gasteiger partial charge in [0.1, 0.15) is 5.82 Å². The first-order chi connectivity index (χ1) is 13.1. The highest BCUT2D eigenvalue weighted by Gasteiger charge is 2.34. The topological polar surface area (TPSA) is 73.8 Å². The number of rotatable bonds is 6. The van der Waals surface area contributed by atoms with Crippen molar-refractivity contribution in [3.8, 4) is 0 Å². The first kappa shape index (κ1) is 21.8. The van der Waals surface area contributed by atoms with Gasteiger partial charge >= 0.3 is 0 Å². The van der Waals surface area contributed by atoms with Crippen LogP contribution in [0.2, 0.25) is 0 Å². The number of hydrogen-bond donors (Lipinski definition) is 2. The van der Waals surface area contributed by atoms with E-state index < -0.39 is 0 Å². The maximum Gasteiger partial charge on any atom is 0.261 e. The fraction of sp³-hybridized carbons (Fsp3) is 0.250. The monoisotopic (exact) mass is 496 g/mol. The van der Waals surface area contributed by atoms with Gasteiger partial charge < -0.3 is 10.6 Å². The number of benzene rings is 2. The Morgan fingerprint density at radius 3 is 2.14 bits per heavy atom. The zero-order valence-corrected chi connectivity index (χ0v) is 17.8. The summed E-state index contributed by atoms with van der Waals surface area (Å²) < 4.78 is 13.6. The van der Waals surface area contributed by atoms with Gasteiger partial charge in [0.15, 0.2) is 5.96 Å². The lowest BCUT2D eigenvalue weighted by atomic mass is 10.1. The molecule has 2 amide bonds. The molecule has 0 aromatic heterocycles. The van der Waals surface area contributed by atoms with Crippen molar-refractivity contribution in [1.29, 1.82) is 0 Å². The first-order valence-corrected chi connectivity index (χ1v) is 8.75. The molecule has 6 nitrogen and oxygen atoms in total. The molecule has 0 radical (unpaired) electrons. The van der Waals surface area contributed by atoms with Gasteiger partial charge in [-0.25, -0.2) is 4.39 Å². The van der Waals surface area contributed by atoms with E-state index in [9.17, 15) is 14.0 Å². The van der Waals surface area contributed by atoms with Crippen LogP contribution < -0.4 is 10.6 Å². The number of aliphatic imine (C=N–C) groups is 1. The molecule has 2 N–H and O–H groups in total. The Hall–Kier alpha value is -2.49. The average Bonchev–Trinajstić information content (AvgIpc) is 2.93. The summed E-state index contributed by atoms with van der Waals surface area (Å²) in [5.41, 5.74) is 1.51. The second kappa shape index (κ2) is 10.2. The van der Waals surface area contributed by atoms with Gasteiger partial charge in [0, 0.05) is 26.7 Å². The van der Waals surface area contributed by atoms with Crippen LogP contribution in [0.3, 0.4) is 0 Å². The van der Waals surface area contributed by atoms with Gasteiger partial charge in [0.25, 0.3) is 11.8 Å². The van der Waals surface area contributed by atoms with Crippen LogP contribution in [-0.2, 0) is 6.42 Å². The van der Waals surface area contributed by atoms with Crippen LogP contribution in [0.25, 0.3) is 0 Å². The van der Waals surface area contributed by atoms with Crippen LogP contribution in [0.15, 0.2) is 53.5 Å². The minimum atomic E-state index is -0.278. The van der Waals surface area contributed by atoms with Crippen LogP contribution in [0.5, 0.6) is 0 Å². The molecule has 0 saturated carbocycles. The molecule has 1 aliphatic rings. The van der Waals surface area contributed by atoms with Crippen molar-refractivity contribution in [2.24, 2.45) is 4.99 Å². The third-order valence-electron chi connectivity index (χ3n) is 4.37. The standard InChI is InChI=1S/C20H21FN4O2.HI/c1-22-20(23-11-10-14-6-2-5-9-17(14)21)24-12-13-25-18(26)15-7-3-4-8-16(15)19(25)27;/h2-9H,10-13H2,1H3,(H2,22,23,24);1H. The van der Waals surface area contributed by atoms with E-state index in [-0.39, 0.29) is 48.2 Å². The zero-order chi connectivity index (χ0) is 19.2. The fourth-order valence-electron chi connectivity index (χ4n) is 2.97. The molecular weight excluding hydrogens is 474 g/mol. The van der Waals surface area contributed by atoms with E-state index in [4.69, 9.17) is 0 Å². The Kier molecular flexibility index (Phi) is 7.91. The minimum absolute atomic E-state index is 0. The van der Waals surface area contributed by atoms with Gasteiger partial charge in [-0.3, -0.25) is 19.5 Å². The first-order valence-electron chi connectivity index (χ1n) is 8.75. The lowest BCUT2D eigenvalue weighted by Gasteiger charge is -2.16. The van der Waals surface area contributed by atoms with Gasteiger partial charge in [-0.05, 0) is 30.2 Å². The Bertz CT molecular complexity index is 853. The van der Waals surface area contributed by atoms with Crippen LogP contribution >= 0.6 is 24.0 Å². The highest BCUT2D eigenvalue weighted by Crippen LogP contribution is 2.21. The van der Waals surface area contributed by atoms with E-state index in [1.807, 2.05) is 0 Å². The van der Waals surface area contributed by atoms with Crippen molar-refractivity contribution in [1.82, 2.24) is 15.5 Å². The maximum absolute atomic E-state index is 13.6. The van der Waals surface area contributed by atoms with E-state index in [1.54, 1.807) is 49.5 Å². The van der Waals surface area contributed by atoms with Crippen LogP contribution in [-0.4, -0.2) is 49.4 Å². The predicted molar refractivity (Wildman–Crippen MR) is 117 cm³/mol. The number of amides is 2. The van der Waals surface area contributed by atoms with Crippen LogP contribution in [0.4, 0.5) is 4.39 Å². The number of imide groups is 1. The SMILES string of the molecule is CN=C(NCCc1ccccc1F)NCCN1C(=O)c2ccccc2C1=O.I. The van der Waals surface area contributed by atoms with E-state index in [1.165, 1.54) is 11.0 Å². The molecule has 0 atom stereocenters. The Morgan fingerprint density at radius 1 is 0.964 bits per heavy atom. The number of carbonyl (C=O) groups excluding carboxylic acids is 2. The largest absolute Gasteiger partial charge is 0.356 e. The molecule has 28 heavy (non-hydrogen) atoms. The summed E-state index contributed by atoms with van der Waals surface area (Å²) in [6, 6.07) is 13.4. The van der Waals surface area contributed by atoms with Crippen molar-refractivity contribution in [2.75, 3.05) is 26.7 Å². The lowest BCUT2D eigenvalue weighted by Crippen LogP contribution is -2.43. The predicted octanol–water partition coefficient (Wildman–Crippen LogP) is 2.45. The molecule has 0 saturated heterocycles. The van der Waals surface area contributed by atoms with Crippen molar-refractivity contribution >= 4 is 41.8 Å². The van der Waals surface area contributed by atoms with E-state index >= 15 is 0 Å². The highest BCUT2D eigenvalue weighted by atomic mass is 127.